The van der Waals surface area contributed by atoms with Crippen molar-refractivity contribution in [3.05, 3.63) is 45.4 Å². The molecule has 3 aromatic rings. The molecule has 0 aromatic carbocycles. The molecule has 158 valence electrons. The van der Waals surface area contributed by atoms with Crippen LogP contribution >= 0.6 is 11.3 Å². The van der Waals surface area contributed by atoms with Gasteiger partial charge in [-0.15, -0.1) is 11.3 Å². The number of aryl methyl sites for hydroxylation is 2. The molecule has 2 aliphatic rings. The van der Waals surface area contributed by atoms with Crippen LogP contribution in [0, 0.1) is 6.92 Å². The molecule has 2 atom stereocenters. The molecule has 0 bridgehead atoms. The summed E-state index contributed by atoms with van der Waals surface area (Å²) in [6.07, 6.45) is 2.10. The van der Waals surface area contributed by atoms with Gasteiger partial charge in [-0.25, -0.2) is 4.98 Å². The number of ether oxygens (including phenoxy) is 1. The zero-order valence-corrected chi connectivity index (χ0v) is 18.1. The smallest absolute Gasteiger partial charge is 0.255 e. The average Bonchev–Trinajstić information content (AvgIpc) is 3.37. The standard InChI is InChI=1S/C22H26N4O3S/c1-13-20-16(11-17(14-5-6-14)23-21(20)25(2)24-13)22(28)26-7-8-29-12-15(26)10-18(27)19-4-3-9-30-19/h3-4,9,11,14-15,18,27H,5-8,10,12H2,1-2H3. The van der Waals surface area contributed by atoms with Crippen LogP contribution in [0.4, 0.5) is 0 Å². The van der Waals surface area contributed by atoms with Gasteiger partial charge in [-0.2, -0.15) is 5.10 Å². The van der Waals surface area contributed by atoms with Crippen LogP contribution < -0.4 is 0 Å². The van der Waals surface area contributed by atoms with Crippen molar-refractivity contribution >= 4 is 28.3 Å². The Balaban J connectivity index is 1.50. The first-order valence-electron chi connectivity index (χ1n) is 10.5. The molecular weight excluding hydrogens is 400 g/mol. The number of aromatic nitrogens is 3. The molecule has 1 saturated carbocycles. The van der Waals surface area contributed by atoms with E-state index in [0.29, 0.717) is 37.7 Å². The van der Waals surface area contributed by atoms with E-state index >= 15 is 0 Å². The van der Waals surface area contributed by atoms with Crippen LogP contribution in [-0.4, -0.2) is 56.5 Å². The quantitative estimate of drug-likeness (QED) is 0.678. The molecule has 0 radical (unpaired) electrons. The summed E-state index contributed by atoms with van der Waals surface area (Å²) in [5.74, 6) is 0.421. The fourth-order valence-electron chi connectivity index (χ4n) is 4.35. The number of hydrogen-bond donors (Lipinski definition) is 1. The molecule has 1 amide bonds. The SMILES string of the molecule is Cc1nn(C)c2nc(C3CC3)cc(C(=O)N3CCOCC3CC(O)c3cccs3)c12. The number of fused-ring (bicyclic) bond motifs is 1. The molecule has 5 rings (SSSR count). The minimum atomic E-state index is -0.605. The second-order valence-corrected chi connectivity index (χ2v) is 9.25. The lowest BCUT2D eigenvalue weighted by molar-refractivity contribution is -0.0169. The average molecular weight is 427 g/mol. The Morgan fingerprint density at radius 2 is 2.27 bits per heavy atom. The summed E-state index contributed by atoms with van der Waals surface area (Å²) in [5, 5.41) is 18.0. The molecule has 2 unspecified atom stereocenters. The third-order valence-electron chi connectivity index (χ3n) is 6.07. The van der Waals surface area contributed by atoms with Gasteiger partial charge < -0.3 is 14.7 Å². The highest BCUT2D eigenvalue weighted by atomic mass is 32.1. The van der Waals surface area contributed by atoms with Crippen LogP contribution in [0.25, 0.3) is 11.0 Å². The lowest BCUT2D eigenvalue weighted by atomic mass is 10.0. The second-order valence-electron chi connectivity index (χ2n) is 8.27. The molecule has 1 aliphatic heterocycles. The van der Waals surface area contributed by atoms with E-state index in [1.807, 2.05) is 42.5 Å². The van der Waals surface area contributed by atoms with Crippen molar-refractivity contribution in [3.8, 4) is 0 Å². The Bertz CT molecular complexity index is 1070. The Hall–Kier alpha value is -2.29. The van der Waals surface area contributed by atoms with Gasteiger partial charge in [0.2, 0.25) is 0 Å². The number of aliphatic hydroxyl groups is 1. The zero-order valence-electron chi connectivity index (χ0n) is 17.2. The largest absolute Gasteiger partial charge is 0.387 e. The lowest BCUT2D eigenvalue weighted by Crippen LogP contribution is -2.49. The Morgan fingerprint density at radius 3 is 3.00 bits per heavy atom. The van der Waals surface area contributed by atoms with Crippen molar-refractivity contribution in [2.45, 2.75) is 44.2 Å². The second kappa shape index (κ2) is 7.76. The third kappa shape index (κ3) is 3.53. The van der Waals surface area contributed by atoms with E-state index in [1.54, 1.807) is 4.68 Å². The maximum atomic E-state index is 13.8. The van der Waals surface area contributed by atoms with Gasteiger partial charge in [0, 0.05) is 36.5 Å². The van der Waals surface area contributed by atoms with Crippen LogP contribution in [0.15, 0.2) is 23.6 Å². The number of thiophene rings is 1. The minimum Gasteiger partial charge on any atom is -0.387 e. The van der Waals surface area contributed by atoms with Crippen LogP contribution in [-0.2, 0) is 11.8 Å². The third-order valence-corrected chi connectivity index (χ3v) is 7.04. The number of morpholine rings is 1. The number of aliphatic hydroxyl groups excluding tert-OH is 1. The molecule has 4 heterocycles. The maximum absolute atomic E-state index is 13.8. The highest BCUT2D eigenvalue weighted by molar-refractivity contribution is 7.10. The summed E-state index contributed by atoms with van der Waals surface area (Å²) in [7, 11) is 1.88. The van der Waals surface area contributed by atoms with E-state index in [0.717, 1.165) is 40.1 Å². The van der Waals surface area contributed by atoms with E-state index in [-0.39, 0.29) is 11.9 Å². The number of carbonyl (C=O) groups excluding carboxylic acids is 1. The van der Waals surface area contributed by atoms with Gasteiger partial charge in [0.15, 0.2) is 5.65 Å². The Kier molecular flexibility index (Phi) is 5.08. The van der Waals surface area contributed by atoms with Crippen LogP contribution in [0.3, 0.4) is 0 Å². The number of amides is 1. The first kappa shape index (κ1) is 19.7. The topological polar surface area (TPSA) is 80.5 Å². The number of rotatable bonds is 5. The summed E-state index contributed by atoms with van der Waals surface area (Å²) < 4.78 is 7.44. The first-order chi connectivity index (χ1) is 14.5. The molecule has 1 saturated heterocycles. The predicted octanol–water partition coefficient (Wildman–Crippen LogP) is 3.18. The molecule has 2 fully saturated rings. The van der Waals surface area contributed by atoms with Crippen molar-refractivity contribution in [1.29, 1.82) is 0 Å². The van der Waals surface area contributed by atoms with Crippen LogP contribution in [0.2, 0.25) is 0 Å². The number of nitrogens with zero attached hydrogens (tertiary/aromatic N) is 4. The van der Waals surface area contributed by atoms with Gasteiger partial charge in [-0.3, -0.25) is 9.48 Å². The van der Waals surface area contributed by atoms with E-state index in [1.165, 1.54) is 11.3 Å². The molecule has 30 heavy (non-hydrogen) atoms. The summed E-state index contributed by atoms with van der Waals surface area (Å²) in [5.41, 5.74) is 3.24. The fraction of sp³-hybridized carbons (Fsp3) is 0.500. The summed E-state index contributed by atoms with van der Waals surface area (Å²) in [6.45, 7) is 3.38. The predicted molar refractivity (Wildman–Crippen MR) is 115 cm³/mol. The summed E-state index contributed by atoms with van der Waals surface area (Å²) in [6, 6.07) is 5.66. The van der Waals surface area contributed by atoms with Crippen molar-refractivity contribution in [2.75, 3.05) is 19.8 Å². The maximum Gasteiger partial charge on any atom is 0.255 e. The van der Waals surface area contributed by atoms with Crippen molar-refractivity contribution in [1.82, 2.24) is 19.7 Å². The van der Waals surface area contributed by atoms with Gasteiger partial charge in [0.25, 0.3) is 5.91 Å². The van der Waals surface area contributed by atoms with Crippen LogP contribution in [0.5, 0.6) is 0 Å². The highest BCUT2D eigenvalue weighted by Gasteiger charge is 2.34. The number of pyridine rings is 1. The van der Waals surface area contributed by atoms with E-state index < -0.39 is 6.10 Å². The van der Waals surface area contributed by atoms with Gasteiger partial charge in [-0.1, -0.05) is 6.07 Å². The minimum absolute atomic E-state index is 0.0212. The molecule has 3 aromatic heterocycles. The van der Waals surface area contributed by atoms with Crippen LogP contribution in [0.1, 0.15) is 57.9 Å². The first-order valence-corrected chi connectivity index (χ1v) is 11.4. The highest BCUT2D eigenvalue weighted by Crippen LogP contribution is 2.40. The van der Waals surface area contributed by atoms with Crippen molar-refractivity contribution in [2.24, 2.45) is 7.05 Å². The van der Waals surface area contributed by atoms with Gasteiger partial charge >= 0.3 is 0 Å². The molecule has 1 aliphatic carbocycles. The van der Waals surface area contributed by atoms with Gasteiger partial charge in [0.05, 0.1) is 42.0 Å². The molecular formula is C22H26N4O3S. The Morgan fingerprint density at radius 1 is 1.43 bits per heavy atom. The molecule has 0 spiro atoms. The number of hydrogen-bond acceptors (Lipinski definition) is 6. The van der Waals surface area contributed by atoms with Crippen molar-refractivity contribution in [3.63, 3.8) is 0 Å². The molecule has 7 nitrogen and oxygen atoms in total. The number of carbonyl (C=O) groups is 1. The summed E-state index contributed by atoms with van der Waals surface area (Å²) >= 11 is 1.53. The summed E-state index contributed by atoms with van der Waals surface area (Å²) in [4.78, 5) is 21.4. The molecule has 1 N–H and O–H groups in total. The van der Waals surface area contributed by atoms with Crippen molar-refractivity contribution < 1.29 is 14.6 Å². The van der Waals surface area contributed by atoms with Gasteiger partial charge in [-0.05, 0) is 37.3 Å². The van der Waals surface area contributed by atoms with Gasteiger partial charge in [0.1, 0.15) is 0 Å². The normalized spacial score (nSPS) is 20.6. The monoisotopic (exact) mass is 426 g/mol. The lowest BCUT2D eigenvalue weighted by Gasteiger charge is -2.36. The Labute approximate surface area is 179 Å². The fourth-order valence-corrected chi connectivity index (χ4v) is 5.07. The zero-order chi connectivity index (χ0) is 20.8. The van der Waals surface area contributed by atoms with E-state index in [2.05, 4.69) is 5.10 Å². The van der Waals surface area contributed by atoms with E-state index in [4.69, 9.17) is 9.72 Å². The van der Waals surface area contributed by atoms with E-state index in [9.17, 15) is 9.90 Å². The molecule has 8 heteroatoms.